The third kappa shape index (κ3) is 2.60. The molecule has 0 unspecified atom stereocenters. The molecule has 4 nitrogen and oxygen atoms in total. The lowest BCUT2D eigenvalue weighted by Crippen LogP contribution is -2.07. The Bertz CT molecular complexity index is 656. The zero-order valence-electron chi connectivity index (χ0n) is 12.2. The van der Waals surface area contributed by atoms with Crippen LogP contribution in [0.5, 0.6) is 0 Å². The number of hydrogen-bond donors (Lipinski definition) is 1. The molecular formula is C16H20N4S. The van der Waals surface area contributed by atoms with E-state index in [9.17, 15) is 0 Å². The summed E-state index contributed by atoms with van der Waals surface area (Å²) in [5, 5.41) is 9.98. The van der Waals surface area contributed by atoms with Gasteiger partial charge in [-0.3, -0.25) is 0 Å². The Kier molecular flexibility index (Phi) is 3.27. The highest BCUT2D eigenvalue weighted by Crippen LogP contribution is 2.47. The van der Waals surface area contributed by atoms with Gasteiger partial charge >= 0.3 is 0 Å². The fourth-order valence-corrected chi connectivity index (χ4v) is 3.84. The maximum Gasteiger partial charge on any atom is 0.196 e. The van der Waals surface area contributed by atoms with Crippen LogP contribution in [0.2, 0.25) is 0 Å². The zero-order valence-corrected chi connectivity index (χ0v) is 13.0. The quantitative estimate of drug-likeness (QED) is 0.915. The van der Waals surface area contributed by atoms with Crippen molar-refractivity contribution in [1.29, 1.82) is 0 Å². The molecule has 2 fully saturated rings. The topological polar surface area (TPSA) is 56.7 Å². The molecular weight excluding hydrogens is 280 g/mol. The molecule has 2 N–H and O–H groups in total. The molecule has 2 saturated carbocycles. The summed E-state index contributed by atoms with van der Waals surface area (Å²) in [7, 11) is 0. The molecule has 2 aromatic rings. The Labute approximate surface area is 129 Å². The average Bonchev–Trinajstić information content (AvgIpc) is 3.39. The van der Waals surface area contributed by atoms with Gasteiger partial charge in [0.25, 0.3) is 0 Å². The summed E-state index contributed by atoms with van der Waals surface area (Å²) in [6.07, 6.45) is 5.07. The minimum atomic E-state index is 0.0360. The number of benzene rings is 1. The van der Waals surface area contributed by atoms with E-state index in [-0.39, 0.29) is 6.04 Å². The van der Waals surface area contributed by atoms with Gasteiger partial charge in [0.05, 0.1) is 0 Å². The van der Waals surface area contributed by atoms with Crippen LogP contribution in [0.4, 0.5) is 0 Å². The van der Waals surface area contributed by atoms with Crippen molar-refractivity contribution in [2.24, 2.45) is 5.73 Å². The van der Waals surface area contributed by atoms with Crippen LogP contribution in [0, 0.1) is 0 Å². The molecule has 2 aliphatic rings. The first kappa shape index (κ1) is 13.3. The lowest BCUT2D eigenvalue weighted by molar-refractivity contribution is 0.626. The average molecular weight is 300 g/mol. The van der Waals surface area contributed by atoms with E-state index in [1.165, 1.54) is 42.0 Å². The van der Waals surface area contributed by atoms with Crippen LogP contribution in [-0.4, -0.2) is 14.8 Å². The molecule has 0 aliphatic heterocycles. The van der Waals surface area contributed by atoms with E-state index in [1.807, 2.05) is 13.0 Å². The van der Waals surface area contributed by atoms with Gasteiger partial charge in [-0.2, -0.15) is 0 Å². The molecule has 5 heteroatoms. The highest BCUT2D eigenvalue weighted by molar-refractivity contribution is 7.99. The molecule has 0 radical (unpaired) electrons. The Morgan fingerprint density at radius 2 is 1.95 bits per heavy atom. The minimum absolute atomic E-state index is 0.0360. The zero-order chi connectivity index (χ0) is 14.4. The second kappa shape index (κ2) is 5.14. The van der Waals surface area contributed by atoms with Crippen LogP contribution in [0.1, 0.15) is 62.0 Å². The number of aromatic nitrogens is 3. The van der Waals surface area contributed by atoms with Crippen LogP contribution >= 0.6 is 11.8 Å². The van der Waals surface area contributed by atoms with Gasteiger partial charge in [-0.1, -0.05) is 18.2 Å². The summed E-state index contributed by atoms with van der Waals surface area (Å²) in [4.78, 5) is 1.20. The maximum atomic E-state index is 6.09. The Morgan fingerprint density at radius 1 is 1.19 bits per heavy atom. The van der Waals surface area contributed by atoms with Gasteiger partial charge in [0.1, 0.15) is 5.82 Å². The van der Waals surface area contributed by atoms with Crippen molar-refractivity contribution in [3.63, 3.8) is 0 Å². The van der Waals surface area contributed by atoms with Crippen LogP contribution < -0.4 is 5.73 Å². The third-order valence-corrected chi connectivity index (χ3v) is 5.21. The van der Waals surface area contributed by atoms with Crippen LogP contribution in [0.15, 0.2) is 34.3 Å². The second-order valence-electron chi connectivity index (χ2n) is 6.14. The fourth-order valence-electron chi connectivity index (χ4n) is 2.70. The third-order valence-electron chi connectivity index (χ3n) is 4.16. The SMILES string of the molecule is C[C@H](N)c1ccccc1Sc1nnc(C2CC2)n1C1CC1. The van der Waals surface area contributed by atoms with E-state index in [1.54, 1.807) is 11.8 Å². The second-order valence-corrected chi connectivity index (χ2v) is 7.15. The van der Waals surface area contributed by atoms with E-state index < -0.39 is 0 Å². The molecule has 0 saturated heterocycles. The van der Waals surface area contributed by atoms with Crippen molar-refractivity contribution in [1.82, 2.24) is 14.8 Å². The number of rotatable bonds is 5. The molecule has 2 aliphatic carbocycles. The van der Waals surface area contributed by atoms with Crippen molar-refractivity contribution in [2.45, 2.75) is 60.7 Å². The standard InChI is InChI=1S/C16H20N4S/c1-10(17)13-4-2-3-5-14(13)21-16-19-18-15(11-6-7-11)20(16)12-8-9-12/h2-5,10-12H,6-9,17H2,1H3/t10-/m0/s1. The molecule has 1 atom stereocenters. The molecule has 0 spiro atoms. The molecule has 1 aromatic carbocycles. The first-order chi connectivity index (χ1) is 10.2. The van der Waals surface area contributed by atoms with E-state index in [0.29, 0.717) is 12.0 Å². The smallest absolute Gasteiger partial charge is 0.196 e. The molecule has 0 bridgehead atoms. The van der Waals surface area contributed by atoms with Crippen molar-refractivity contribution in [3.05, 3.63) is 35.7 Å². The summed E-state index contributed by atoms with van der Waals surface area (Å²) >= 11 is 1.71. The summed E-state index contributed by atoms with van der Waals surface area (Å²) < 4.78 is 2.39. The minimum Gasteiger partial charge on any atom is -0.324 e. The normalized spacial score (nSPS) is 19.7. The molecule has 1 aromatic heterocycles. The lowest BCUT2D eigenvalue weighted by atomic mass is 10.1. The molecule has 4 rings (SSSR count). The van der Waals surface area contributed by atoms with Gasteiger partial charge in [-0.05, 0) is 56.0 Å². The highest BCUT2D eigenvalue weighted by atomic mass is 32.2. The van der Waals surface area contributed by atoms with E-state index >= 15 is 0 Å². The van der Waals surface area contributed by atoms with Gasteiger partial charge in [0.15, 0.2) is 5.16 Å². The van der Waals surface area contributed by atoms with Gasteiger partial charge in [-0.15, -0.1) is 10.2 Å². The molecule has 0 amide bonds. The predicted molar refractivity (Wildman–Crippen MR) is 83.4 cm³/mol. The number of nitrogens with zero attached hydrogens (tertiary/aromatic N) is 3. The monoisotopic (exact) mass is 300 g/mol. The first-order valence-electron chi connectivity index (χ1n) is 7.71. The fraction of sp³-hybridized carbons (Fsp3) is 0.500. The predicted octanol–water partition coefficient (Wildman–Crippen LogP) is 3.66. The first-order valence-corrected chi connectivity index (χ1v) is 8.53. The summed E-state index contributed by atoms with van der Waals surface area (Å²) in [6, 6.07) is 9.01. The van der Waals surface area contributed by atoms with Crippen molar-refractivity contribution in [2.75, 3.05) is 0 Å². The molecule has 21 heavy (non-hydrogen) atoms. The molecule has 1 heterocycles. The van der Waals surface area contributed by atoms with Crippen molar-refractivity contribution in [3.8, 4) is 0 Å². The molecule has 110 valence electrons. The van der Waals surface area contributed by atoms with Gasteiger partial charge in [0.2, 0.25) is 0 Å². The maximum absolute atomic E-state index is 6.09. The van der Waals surface area contributed by atoms with Gasteiger partial charge in [-0.25, -0.2) is 0 Å². The van der Waals surface area contributed by atoms with Crippen LogP contribution in [0.3, 0.4) is 0 Å². The van der Waals surface area contributed by atoms with Gasteiger partial charge in [0, 0.05) is 22.9 Å². The van der Waals surface area contributed by atoms with Crippen molar-refractivity contribution >= 4 is 11.8 Å². The van der Waals surface area contributed by atoms with Crippen LogP contribution in [-0.2, 0) is 0 Å². The van der Waals surface area contributed by atoms with Crippen LogP contribution in [0.25, 0.3) is 0 Å². The van der Waals surface area contributed by atoms with E-state index in [2.05, 4.69) is 33.0 Å². The summed E-state index contributed by atoms with van der Waals surface area (Å²) in [5.41, 5.74) is 7.27. The Balaban J connectivity index is 1.68. The summed E-state index contributed by atoms with van der Waals surface area (Å²) in [6.45, 7) is 2.03. The number of hydrogen-bond acceptors (Lipinski definition) is 4. The largest absolute Gasteiger partial charge is 0.324 e. The summed E-state index contributed by atoms with van der Waals surface area (Å²) in [5.74, 6) is 1.86. The van der Waals surface area contributed by atoms with E-state index in [4.69, 9.17) is 5.73 Å². The Morgan fingerprint density at radius 3 is 2.62 bits per heavy atom. The van der Waals surface area contributed by atoms with E-state index in [0.717, 1.165) is 5.16 Å². The van der Waals surface area contributed by atoms with Gasteiger partial charge < -0.3 is 10.3 Å². The lowest BCUT2D eigenvalue weighted by Gasteiger charge is -2.13. The number of nitrogens with two attached hydrogens (primary N) is 1. The Hall–Kier alpha value is -1.33. The highest BCUT2D eigenvalue weighted by Gasteiger charge is 2.36. The van der Waals surface area contributed by atoms with Crippen molar-refractivity contribution < 1.29 is 0 Å².